The van der Waals surface area contributed by atoms with Crippen molar-refractivity contribution >= 4 is 24.0 Å². The molecule has 2 aromatic carbocycles. The number of para-hydroxylation sites is 1. The van der Waals surface area contributed by atoms with Gasteiger partial charge in [0.05, 0.1) is 0 Å². The standard InChI is InChI=1S/C18H20N2O2.ClH/c19-15-6-4-5-14(13-15)18(21)20-11-9-17(10-12-20)22-16-7-2-1-3-8-16;/h1-8,13,17H,9-12,19H2;1H. The summed E-state index contributed by atoms with van der Waals surface area (Å²) in [6.07, 6.45) is 1.87. The molecule has 0 bridgehead atoms. The lowest BCUT2D eigenvalue weighted by Gasteiger charge is -2.32. The molecular formula is C18H21ClN2O2. The highest BCUT2D eigenvalue weighted by Gasteiger charge is 2.24. The zero-order valence-corrected chi connectivity index (χ0v) is 13.7. The molecule has 0 aliphatic carbocycles. The minimum absolute atomic E-state index is 0. The molecule has 0 aromatic heterocycles. The van der Waals surface area contributed by atoms with Crippen molar-refractivity contribution in [3.05, 3.63) is 60.2 Å². The lowest BCUT2D eigenvalue weighted by molar-refractivity contribution is 0.0595. The fourth-order valence-corrected chi connectivity index (χ4v) is 2.72. The predicted molar refractivity (Wildman–Crippen MR) is 94.1 cm³/mol. The van der Waals surface area contributed by atoms with Gasteiger partial charge in [-0.2, -0.15) is 0 Å². The second-order valence-electron chi connectivity index (χ2n) is 5.55. The first-order chi connectivity index (χ1) is 10.7. The van der Waals surface area contributed by atoms with Crippen molar-refractivity contribution in [1.29, 1.82) is 0 Å². The number of anilines is 1. The van der Waals surface area contributed by atoms with Crippen LogP contribution in [-0.4, -0.2) is 30.0 Å². The van der Waals surface area contributed by atoms with E-state index in [9.17, 15) is 4.79 Å². The van der Waals surface area contributed by atoms with Gasteiger partial charge in [0.1, 0.15) is 11.9 Å². The summed E-state index contributed by atoms with van der Waals surface area (Å²) in [6, 6.07) is 17.0. The largest absolute Gasteiger partial charge is 0.490 e. The monoisotopic (exact) mass is 332 g/mol. The minimum atomic E-state index is 0. The van der Waals surface area contributed by atoms with E-state index in [1.807, 2.05) is 47.4 Å². The summed E-state index contributed by atoms with van der Waals surface area (Å²) in [4.78, 5) is 14.3. The fraction of sp³-hybridized carbons (Fsp3) is 0.278. The van der Waals surface area contributed by atoms with Crippen molar-refractivity contribution in [3.8, 4) is 5.75 Å². The highest BCUT2D eigenvalue weighted by atomic mass is 35.5. The van der Waals surface area contributed by atoms with Crippen LogP contribution in [0.2, 0.25) is 0 Å². The Morgan fingerprint density at radius 2 is 1.74 bits per heavy atom. The highest BCUT2D eigenvalue weighted by Crippen LogP contribution is 2.20. The van der Waals surface area contributed by atoms with Crippen LogP contribution in [0.5, 0.6) is 5.75 Å². The molecule has 2 aromatic rings. The van der Waals surface area contributed by atoms with E-state index in [4.69, 9.17) is 10.5 Å². The number of nitrogens with two attached hydrogens (primary N) is 1. The Hall–Kier alpha value is -2.20. The Balaban J connectivity index is 0.00000192. The van der Waals surface area contributed by atoms with E-state index in [0.717, 1.165) is 18.6 Å². The van der Waals surface area contributed by atoms with Crippen LogP contribution in [0.25, 0.3) is 0 Å². The van der Waals surface area contributed by atoms with Crippen LogP contribution in [0.15, 0.2) is 54.6 Å². The number of carbonyl (C=O) groups is 1. The number of likely N-dealkylation sites (tertiary alicyclic amines) is 1. The maximum absolute atomic E-state index is 12.4. The van der Waals surface area contributed by atoms with Gasteiger partial charge < -0.3 is 15.4 Å². The molecule has 1 fully saturated rings. The van der Waals surface area contributed by atoms with Crippen LogP contribution in [0.4, 0.5) is 5.69 Å². The molecule has 5 heteroatoms. The van der Waals surface area contributed by atoms with Crippen LogP contribution in [0, 0.1) is 0 Å². The third kappa shape index (κ3) is 4.39. The number of nitrogen functional groups attached to an aromatic ring is 1. The van der Waals surface area contributed by atoms with Crippen LogP contribution in [0.1, 0.15) is 23.2 Å². The van der Waals surface area contributed by atoms with Gasteiger partial charge >= 0.3 is 0 Å². The summed E-state index contributed by atoms with van der Waals surface area (Å²) in [5.74, 6) is 0.938. The van der Waals surface area contributed by atoms with Crippen LogP contribution >= 0.6 is 12.4 Å². The number of nitrogens with zero attached hydrogens (tertiary/aromatic N) is 1. The Kier molecular flexibility index (Phi) is 5.88. The Labute approximate surface area is 142 Å². The molecule has 0 unspecified atom stereocenters. The molecule has 0 spiro atoms. The van der Waals surface area contributed by atoms with Gasteiger partial charge in [0.25, 0.3) is 5.91 Å². The maximum atomic E-state index is 12.4. The number of ether oxygens (including phenoxy) is 1. The number of halogens is 1. The fourth-order valence-electron chi connectivity index (χ4n) is 2.72. The van der Waals surface area contributed by atoms with Gasteiger partial charge in [0.15, 0.2) is 0 Å². The van der Waals surface area contributed by atoms with E-state index in [1.165, 1.54) is 0 Å². The van der Waals surface area contributed by atoms with Gasteiger partial charge in [0.2, 0.25) is 0 Å². The minimum Gasteiger partial charge on any atom is -0.490 e. The summed E-state index contributed by atoms with van der Waals surface area (Å²) in [5, 5.41) is 0. The summed E-state index contributed by atoms with van der Waals surface area (Å²) in [6.45, 7) is 1.43. The van der Waals surface area contributed by atoms with Crippen LogP contribution in [-0.2, 0) is 0 Å². The molecular weight excluding hydrogens is 312 g/mol. The number of rotatable bonds is 3. The van der Waals surface area contributed by atoms with Gasteiger partial charge in [-0.1, -0.05) is 24.3 Å². The summed E-state index contributed by atoms with van der Waals surface area (Å²) < 4.78 is 5.95. The van der Waals surface area contributed by atoms with Crippen molar-refractivity contribution in [2.45, 2.75) is 18.9 Å². The van der Waals surface area contributed by atoms with E-state index in [0.29, 0.717) is 24.3 Å². The molecule has 1 saturated heterocycles. The third-order valence-corrected chi connectivity index (χ3v) is 3.91. The average molecular weight is 333 g/mol. The predicted octanol–water partition coefficient (Wildman–Crippen LogP) is 3.37. The van der Waals surface area contributed by atoms with Crippen molar-refractivity contribution in [2.75, 3.05) is 18.8 Å². The van der Waals surface area contributed by atoms with Crippen LogP contribution in [0.3, 0.4) is 0 Å². The smallest absolute Gasteiger partial charge is 0.253 e. The van der Waals surface area contributed by atoms with Gasteiger partial charge in [-0.3, -0.25) is 4.79 Å². The van der Waals surface area contributed by atoms with Crippen LogP contribution < -0.4 is 10.5 Å². The first-order valence-corrected chi connectivity index (χ1v) is 7.59. The number of amides is 1. The Morgan fingerprint density at radius 3 is 2.39 bits per heavy atom. The van der Waals surface area contributed by atoms with Gasteiger partial charge in [-0.05, 0) is 30.3 Å². The van der Waals surface area contributed by atoms with Crippen molar-refractivity contribution in [3.63, 3.8) is 0 Å². The van der Waals surface area contributed by atoms with Gasteiger partial charge in [0, 0.05) is 37.2 Å². The van der Waals surface area contributed by atoms with Crippen molar-refractivity contribution in [1.82, 2.24) is 4.90 Å². The highest BCUT2D eigenvalue weighted by molar-refractivity contribution is 5.95. The normalized spacial score (nSPS) is 14.9. The van der Waals surface area contributed by atoms with E-state index in [-0.39, 0.29) is 24.4 Å². The molecule has 23 heavy (non-hydrogen) atoms. The number of piperidine rings is 1. The first kappa shape index (κ1) is 17.2. The van der Waals surface area contributed by atoms with Crippen molar-refractivity contribution < 1.29 is 9.53 Å². The lowest BCUT2D eigenvalue weighted by Crippen LogP contribution is -2.41. The molecule has 0 saturated carbocycles. The molecule has 2 N–H and O–H groups in total. The Bertz CT molecular complexity index is 640. The Morgan fingerprint density at radius 1 is 1.04 bits per heavy atom. The summed E-state index contributed by atoms with van der Waals surface area (Å²) in [5.41, 5.74) is 7.02. The number of hydrogen-bond donors (Lipinski definition) is 1. The second kappa shape index (κ2) is 7.88. The first-order valence-electron chi connectivity index (χ1n) is 7.59. The zero-order chi connectivity index (χ0) is 15.4. The molecule has 3 rings (SSSR count). The summed E-state index contributed by atoms with van der Waals surface area (Å²) in [7, 11) is 0. The number of carbonyl (C=O) groups excluding carboxylic acids is 1. The SMILES string of the molecule is Cl.Nc1cccc(C(=O)N2CCC(Oc3ccccc3)CC2)c1. The summed E-state index contributed by atoms with van der Waals surface area (Å²) >= 11 is 0. The molecule has 0 atom stereocenters. The quantitative estimate of drug-likeness (QED) is 0.877. The molecule has 1 amide bonds. The van der Waals surface area contributed by atoms with Gasteiger partial charge in [-0.15, -0.1) is 12.4 Å². The third-order valence-electron chi connectivity index (χ3n) is 3.91. The van der Waals surface area contributed by atoms with E-state index in [1.54, 1.807) is 12.1 Å². The molecule has 1 aliphatic rings. The average Bonchev–Trinajstić information content (AvgIpc) is 2.56. The topological polar surface area (TPSA) is 55.6 Å². The molecule has 1 heterocycles. The van der Waals surface area contributed by atoms with Gasteiger partial charge in [-0.25, -0.2) is 0 Å². The van der Waals surface area contributed by atoms with E-state index >= 15 is 0 Å². The lowest BCUT2D eigenvalue weighted by atomic mass is 10.1. The van der Waals surface area contributed by atoms with E-state index < -0.39 is 0 Å². The molecule has 122 valence electrons. The van der Waals surface area contributed by atoms with Crippen molar-refractivity contribution in [2.24, 2.45) is 0 Å². The molecule has 1 aliphatic heterocycles. The second-order valence-corrected chi connectivity index (χ2v) is 5.55. The maximum Gasteiger partial charge on any atom is 0.253 e. The molecule has 4 nitrogen and oxygen atoms in total. The zero-order valence-electron chi connectivity index (χ0n) is 12.9. The number of hydrogen-bond acceptors (Lipinski definition) is 3. The molecule has 0 radical (unpaired) electrons. The number of benzene rings is 2. The van der Waals surface area contributed by atoms with E-state index in [2.05, 4.69) is 0 Å².